The largest absolute Gasteiger partial charge is 0.382 e. The molecule has 2 rings (SSSR count). The first-order valence-corrected chi connectivity index (χ1v) is 7.54. The van der Waals surface area contributed by atoms with E-state index >= 15 is 0 Å². The lowest BCUT2D eigenvalue weighted by Gasteiger charge is -2.28. The fourth-order valence-corrected chi connectivity index (χ4v) is 2.69. The molecule has 2 N–H and O–H groups in total. The standard InChI is InChI=1S/C16H23FN2O2/c1-3-18-15-13(5-4-6-14(15)17)16(20)19-11(2)12-7-9-21-10-8-12/h4-6,11-12,18H,3,7-10H2,1-2H3,(H,19,20). The van der Waals surface area contributed by atoms with Crippen molar-refractivity contribution in [2.75, 3.05) is 25.1 Å². The third-order valence-corrected chi connectivity index (χ3v) is 3.94. The highest BCUT2D eigenvalue weighted by molar-refractivity contribution is 5.99. The van der Waals surface area contributed by atoms with Crippen molar-refractivity contribution < 1.29 is 13.9 Å². The van der Waals surface area contributed by atoms with Crippen LogP contribution < -0.4 is 10.6 Å². The summed E-state index contributed by atoms with van der Waals surface area (Å²) in [4.78, 5) is 12.4. The van der Waals surface area contributed by atoms with Crippen LogP contribution in [-0.2, 0) is 4.74 Å². The van der Waals surface area contributed by atoms with Gasteiger partial charge in [-0.05, 0) is 44.7 Å². The number of rotatable bonds is 5. The third kappa shape index (κ3) is 3.94. The van der Waals surface area contributed by atoms with Crippen LogP contribution in [0.5, 0.6) is 0 Å². The van der Waals surface area contributed by atoms with Crippen molar-refractivity contribution in [3.8, 4) is 0 Å². The van der Waals surface area contributed by atoms with Crippen molar-refractivity contribution in [2.24, 2.45) is 5.92 Å². The van der Waals surface area contributed by atoms with E-state index in [9.17, 15) is 9.18 Å². The highest BCUT2D eigenvalue weighted by Gasteiger charge is 2.23. The molecule has 0 spiro atoms. The molecule has 21 heavy (non-hydrogen) atoms. The quantitative estimate of drug-likeness (QED) is 0.878. The van der Waals surface area contributed by atoms with Crippen LogP contribution in [0.15, 0.2) is 18.2 Å². The fraction of sp³-hybridized carbons (Fsp3) is 0.562. The predicted molar refractivity (Wildman–Crippen MR) is 81.0 cm³/mol. The minimum Gasteiger partial charge on any atom is -0.382 e. The van der Waals surface area contributed by atoms with Gasteiger partial charge in [0.15, 0.2) is 0 Å². The molecule has 1 aromatic rings. The van der Waals surface area contributed by atoms with Gasteiger partial charge in [0, 0.05) is 25.8 Å². The number of halogens is 1. The van der Waals surface area contributed by atoms with Gasteiger partial charge < -0.3 is 15.4 Å². The highest BCUT2D eigenvalue weighted by atomic mass is 19.1. The number of amides is 1. The van der Waals surface area contributed by atoms with E-state index in [4.69, 9.17) is 4.74 Å². The Morgan fingerprint density at radius 1 is 1.43 bits per heavy atom. The summed E-state index contributed by atoms with van der Waals surface area (Å²) in [6.45, 7) is 5.93. The van der Waals surface area contributed by atoms with E-state index < -0.39 is 5.82 Å². The summed E-state index contributed by atoms with van der Waals surface area (Å²) in [5.74, 6) is -0.216. The van der Waals surface area contributed by atoms with Crippen molar-refractivity contribution >= 4 is 11.6 Å². The normalized spacial score (nSPS) is 17.3. The molecule has 1 amide bonds. The van der Waals surface area contributed by atoms with E-state index in [0.717, 1.165) is 26.1 Å². The van der Waals surface area contributed by atoms with E-state index in [1.807, 2.05) is 13.8 Å². The van der Waals surface area contributed by atoms with Crippen molar-refractivity contribution in [3.05, 3.63) is 29.6 Å². The lowest BCUT2D eigenvalue weighted by molar-refractivity contribution is 0.0538. The van der Waals surface area contributed by atoms with E-state index in [1.165, 1.54) is 6.07 Å². The summed E-state index contributed by atoms with van der Waals surface area (Å²) in [7, 11) is 0. The van der Waals surface area contributed by atoms with Crippen molar-refractivity contribution in [3.63, 3.8) is 0 Å². The SMILES string of the molecule is CCNc1c(F)cccc1C(=O)NC(C)C1CCOCC1. The zero-order valence-electron chi connectivity index (χ0n) is 12.6. The molecule has 4 nitrogen and oxygen atoms in total. The number of ether oxygens (including phenoxy) is 1. The molecular formula is C16H23FN2O2. The van der Waals surface area contributed by atoms with Crippen LogP contribution in [0.2, 0.25) is 0 Å². The van der Waals surface area contributed by atoms with Crippen LogP contribution >= 0.6 is 0 Å². The highest BCUT2D eigenvalue weighted by Crippen LogP contribution is 2.22. The van der Waals surface area contributed by atoms with Crippen LogP contribution in [0.1, 0.15) is 37.0 Å². The lowest BCUT2D eigenvalue weighted by atomic mass is 9.92. The van der Waals surface area contributed by atoms with E-state index in [0.29, 0.717) is 18.0 Å². The number of nitrogens with one attached hydrogen (secondary N) is 2. The number of carbonyl (C=O) groups is 1. The number of hydrogen-bond donors (Lipinski definition) is 2. The number of benzene rings is 1. The average molecular weight is 294 g/mol. The molecule has 0 aromatic heterocycles. The Morgan fingerprint density at radius 3 is 2.81 bits per heavy atom. The molecule has 0 aliphatic carbocycles. The maximum Gasteiger partial charge on any atom is 0.253 e. The lowest BCUT2D eigenvalue weighted by Crippen LogP contribution is -2.40. The maximum absolute atomic E-state index is 13.8. The summed E-state index contributed by atoms with van der Waals surface area (Å²) in [6.07, 6.45) is 1.90. The average Bonchev–Trinajstić information content (AvgIpc) is 2.50. The van der Waals surface area contributed by atoms with Crippen LogP contribution in [-0.4, -0.2) is 31.7 Å². The zero-order chi connectivity index (χ0) is 15.2. The predicted octanol–water partition coefficient (Wildman–Crippen LogP) is 2.80. The molecule has 1 aromatic carbocycles. The van der Waals surface area contributed by atoms with Gasteiger partial charge in [-0.1, -0.05) is 6.07 Å². The Balaban J connectivity index is 2.07. The third-order valence-electron chi connectivity index (χ3n) is 3.94. The molecule has 1 fully saturated rings. The first-order chi connectivity index (χ1) is 10.1. The Hall–Kier alpha value is -1.62. The van der Waals surface area contributed by atoms with Gasteiger partial charge in [-0.2, -0.15) is 0 Å². The van der Waals surface area contributed by atoms with E-state index in [2.05, 4.69) is 10.6 Å². The topological polar surface area (TPSA) is 50.4 Å². The minimum absolute atomic E-state index is 0.0548. The first kappa shape index (κ1) is 15.8. The van der Waals surface area contributed by atoms with Gasteiger partial charge in [0.05, 0.1) is 11.3 Å². The van der Waals surface area contributed by atoms with Gasteiger partial charge >= 0.3 is 0 Å². The minimum atomic E-state index is -0.400. The van der Waals surface area contributed by atoms with Crippen LogP contribution in [0, 0.1) is 11.7 Å². The summed E-state index contributed by atoms with van der Waals surface area (Å²) in [5.41, 5.74) is 0.632. The monoisotopic (exact) mass is 294 g/mol. The second-order valence-electron chi connectivity index (χ2n) is 5.40. The molecule has 1 aliphatic rings. The van der Waals surface area contributed by atoms with Crippen LogP contribution in [0.3, 0.4) is 0 Å². The zero-order valence-corrected chi connectivity index (χ0v) is 12.6. The van der Waals surface area contributed by atoms with Gasteiger partial charge in [0.25, 0.3) is 5.91 Å². The Bertz CT molecular complexity index is 487. The molecule has 5 heteroatoms. The van der Waals surface area contributed by atoms with E-state index in [-0.39, 0.29) is 17.6 Å². The Labute approximate surface area is 125 Å². The van der Waals surface area contributed by atoms with Gasteiger partial charge in [-0.15, -0.1) is 0 Å². The van der Waals surface area contributed by atoms with Crippen molar-refractivity contribution in [1.82, 2.24) is 5.32 Å². The molecule has 0 saturated carbocycles. The second-order valence-corrected chi connectivity index (χ2v) is 5.40. The maximum atomic E-state index is 13.8. The van der Waals surface area contributed by atoms with Crippen molar-refractivity contribution in [1.29, 1.82) is 0 Å². The van der Waals surface area contributed by atoms with Crippen molar-refractivity contribution in [2.45, 2.75) is 32.7 Å². The van der Waals surface area contributed by atoms with Crippen LogP contribution in [0.25, 0.3) is 0 Å². The number of hydrogen-bond acceptors (Lipinski definition) is 3. The molecule has 1 unspecified atom stereocenters. The van der Waals surface area contributed by atoms with Gasteiger partial charge in [-0.3, -0.25) is 4.79 Å². The molecule has 1 saturated heterocycles. The van der Waals surface area contributed by atoms with Gasteiger partial charge in [0.2, 0.25) is 0 Å². The molecular weight excluding hydrogens is 271 g/mol. The smallest absolute Gasteiger partial charge is 0.253 e. The summed E-state index contributed by atoms with van der Waals surface area (Å²) < 4.78 is 19.2. The second kappa shape index (κ2) is 7.41. The van der Waals surface area contributed by atoms with Gasteiger partial charge in [0.1, 0.15) is 5.82 Å². The summed E-state index contributed by atoms with van der Waals surface area (Å²) in [5, 5.41) is 5.91. The van der Waals surface area contributed by atoms with E-state index in [1.54, 1.807) is 12.1 Å². The Morgan fingerprint density at radius 2 is 2.14 bits per heavy atom. The molecule has 1 aliphatic heterocycles. The number of carbonyl (C=O) groups excluding carboxylic acids is 1. The molecule has 0 radical (unpaired) electrons. The molecule has 1 atom stereocenters. The number of para-hydroxylation sites is 1. The molecule has 0 bridgehead atoms. The number of anilines is 1. The van der Waals surface area contributed by atoms with Gasteiger partial charge in [-0.25, -0.2) is 4.39 Å². The fourth-order valence-electron chi connectivity index (χ4n) is 2.69. The molecule has 1 heterocycles. The summed E-state index contributed by atoms with van der Waals surface area (Å²) >= 11 is 0. The molecule has 116 valence electrons. The first-order valence-electron chi connectivity index (χ1n) is 7.54. The Kier molecular flexibility index (Phi) is 5.56. The van der Waals surface area contributed by atoms with Crippen LogP contribution in [0.4, 0.5) is 10.1 Å². The summed E-state index contributed by atoms with van der Waals surface area (Å²) in [6, 6.07) is 4.62.